The van der Waals surface area contributed by atoms with Crippen LogP contribution >= 0.6 is 0 Å². The first-order valence-electron chi connectivity index (χ1n) is 11.4. The van der Waals surface area contributed by atoms with Crippen LogP contribution in [0.4, 0.5) is 21.7 Å². The molecule has 1 fully saturated rings. The Kier molecular flexibility index (Phi) is 6.28. The molecule has 10 heteroatoms. The zero-order valence-electron chi connectivity index (χ0n) is 19.5. The van der Waals surface area contributed by atoms with E-state index in [1.807, 2.05) is 19.3 Å². The zero-order valence-corrected chi connectivity index (χ0v) is 19.5. The van der Waals surface area contributed by atoms with E-state index < -0.39 is 5.82 Å². The highest BCUT2D eigenvalue weighted by atomic mass is 19.1. The van der Waals surface area contributed by atoms with Gasteiger partial charge in [-0.15, -0.1) is 0 Å². The lowest BCUT2D eigenvalue weighted by molar-refractivity contribution is 0.154. The number of aliphatic hydroxyl groups is 1. The molecule has 4 heterocycles. The summed E-state index contributed by atoms with van der Waals surface area (Å²) in [5.41, 5.74) is 3.01. The normalized spacial score (nSPS) is 15.8. The summed E-state index contributed by atoms with van der Waals surface area (Å²) in [4.78, 5) is 15.5. The molecule has 0 radical (unpaired) electrons. The van der Waals surface area contributed by atoms with Crippen molar-refractivity contribution in [2.75, 3.05) is 30.4 Å². The van der Waals surface area contributed by atoms with E-state index >= 15 is 0 Å². The molecule has 3 aromatic heterocycles. The number of ether oxygens (including phenoxy) is 1. The lowest BCUT2D eigenvalue weighted by Crippen LogP contribution is -2.38. The molecule has 0 aliphatic carbocycles. The number of nitrogens with one attached hydrogen (secondary N) is 1. The Morgan fingerprint density at radius 1 is 1.17 bits per heavy atom. The molecule has 2 N–H and O–H groups in total. The average Bonchev–Trinajstić information content (AvgIpc) is 3.30. The maximum absolute atomic E-state index is 14.6. The maximum Gasteiger partial charge on any atom is 0.168 e. The summed E-state index contributed by atoms with van der Waals surface area (Å²) in [5, 5.41) is 17.8. The third kappa shape index (κ3) is 4.78. The highest BCUT2D eigenvalue weighted by molar-refractivity contribution is 5.80. The molecule has 1 saturated heterocycles. The quantitative estimate of drug-likeness (QED) is 0.434. The van der Waals surface area contributed by atoms with Gasteiger partial charge in [-0.3, -0.25) is 4.68 Å². The number of aromatic nitrogens is 5. The molecule has 1 aromatic carbocycles. The molecule has 0 saturated carbocycles. The van der Waals surface area contributed by atoms with Gasteiger partial charge in [-0.25, -0.2) is 19.3 Å². The SMILES string of the molecule is COc1cccc(F)c1-c1nccc(Nc2cc(N3CCC[C@H](O)C3)c(-c3cnn(C)c3)cn2)n1. The van der Waals surface area contributed by atoms with E-state index in [4.69, 9.17) is 4.74 Å². The molecule has 0 unspecified atom stereocenters. The first-order valence-corrected chi connectivity index (χ1v) is 11.4. The van der Waals surface area contributed by atoms with Crippen LogP contribution in [0.25, 0.3) is 22.5 Å². The van der Waals surface area contributed by atoms with Crippen LogP contribution in [-0.4, -0.2) is 56.1 Å². The second kappa shape index (κ2) is 9.67. The predicted molar refractivity (Wildman–Crippen MR) is 131 cm³/mol. The lowest BCUT2D eigenvalue weighted by Gasteiger charge is -2.33. The Morgan fingerprint density at radius 2 is 2.06 bits per heavy atom. The fourth-order valence-electron chi connectivity index (χ4n) is 4.30. The Bertz CT molecular complexity index is 1340. The van der Waals surface area contributed by atoms with Gasteiger partial charge in [0.15, 0.2) is 5.82 Å². The van der Waals surface area contributed by atoms with E-state index in [1.54, 1.807) is 41.5 Å². The lowest BCUT2D eigenvalue weighted by atomic mass is 10.0. The van der Waals surface area contributed by atoms with Gasteiger partial charge in [-0.05, 0) is 31.0 Å². The van der Waals surface area contributed by atoms with Crippen molar-refractivity contribution in [1.82, 2.24) is 24.7 Å². The maximum atomic E-state index is 14.6. The fourth-order valence-corrected chi connectivity index (χ4v) is 4.30. The summed E-state index contributed by atoms with van der Waals surface area (Å²) in [5.74, 6) is 1.12. The summed E-state index contributed by atoms with van der Waals surface area (Å²) in [7, 11) is 3.35. The number of halogens is 1. The first kappa shape index (κ1) is 22.7. The number of aryl methyl sites for hydroxylation is 1. The summed E-state index contributed by atoms with van der Waals surface area (Å²) >= 11 is 0. The van der Waals surface area contributed by atoms with Crippen molar-refractivity contribution >= 4 is 17.3 Å². The minimum absolute atomic E-state index is 0.196. The topological polar surface area (TPSA) is 101 Å². The summed E-state index contributed by atoms with van der Waals surface area (Å²) in [6, 6.07) is 8.22. The molecule has 35 heavy (non-hydrogen) atoms. The van der Waals surface area contributed by atoms with Crippen molar-refractivity contribution in [3.05, 3.63) is 60.9 Å². The van der Waals surface area contributed by atoms with E-state index in [0.29, 0.717) is 23.9 Å². The summed E-state index contributed by atoms with van der Waals surface area (Å²) in [6.07, 6.45) is 8.39. The zero-order chi connectivity index (χ0) is 24.4. The van der Waals surface area contributed by atoms with Crippen LogP contribution in [0.3, 0.4) is 0 Å². The number of piperidine rings is 1. The molecule has 1 aliphatic rings. The van der Waals surface area contributed by atoms with E-state index in [0.717, 1.165) is 36.2 Å². The van der Waals surface area contributed by atoms with E-state index in [1.165, 1.54) is 13.2 Å². The minimum Gasteiger partial charge on any atom is -0.496 e. The fraction of sp³-hybridized carbons (Fsp3) is 0.280. The van der Waals surface area contributed by atoms with Crippen molar-refractivity contribution in [1.29, 1.82) is 0 Å². The molecule has 5 rings (SSSR count). The molecular formula is C25H26FN7O2. The monoisotopic (exact) mass is 475 g/mol. The number of hydrogen-bond acceptors (Lipinski definition) is 8. The second-order valence-corrected chi connectivity index (χ2v) is 8.44. The molecule has 0 amide bonds. The van der Waals surface area contributed by atoms with E-state index in [2.05, 4.69) is 30.3 Å². The van der Waals surface area contributed by atoms with Gasteiger partial charge in [0.1, 0.15) is 23.2 Å². The summed E-state index contributed by atoms with van der Waals surface area (Å²) in [6.45, 7) is 1.37. The van der Waals surface area contributed by atoms with Gasteiger partial charge in [0.2, 0.25) is 0 Å². The number of nitrogens with zero attached hydrogens (tertiary/aromatic N) is 6. The Hall–Kier alpha value is -4.05. The van der Waals surface area contributed by atoms with Crippen LogP contribution in [0, 0.1) is 5.82 Å². The molecule has 0 spiro atoms. The van der Waals surface area contributed by atoms with Crippen molar-refractivity contribution in [2.24, 2.45) is 7.05 Å². The number of methoxy groups -OCH3 is 1. The highest BCUT2D eigenvalue weighted by Gasteiger charge is 2.22. The molecule has 0 bridgehead atoms. The largest absolute Gasteiger partial charge is 0.496 e. The third-order valence-electron chi connectivity index (χ3n) is 5.97. The molecule has 1 atom stereocenters. The Morgan fingerprint density at radius 3 is 2.83 bits per heavy atom. The van der Waals surface area contributed by atoms with Crippen LogP contribution in [0.1, 0.15) is 12.8 Å². The number of β-amino-alcohol motifs (C(OH)–C–C–N with tert-alkyl or cyclic N) is 1. The smallest absolute Gasteiger partial charge is 0.168 e. The van der Waals surface area contributed by atoms with Gasteiger partial charge in [-0.1, -0.05) is 6.07 Å². The van der Waals surface area contributed by atoms with E-state index in [-0.39, 0.29) is 17.5 Å². The van der Waals surface area contributed by atoms with Crippen molar-refractivity contribution in [2.45, 2.75) is 18.9 Å². The number of hydrogen-bond donors (Lipinski definition) is 2. The number of benzene rings is 1. The minimum atomic E-state index is -0.466. The van der Waals surface area contributed by atoms with Crippen molar-refractivity contribution < 1.29 is 14.2 Å². The Labute approximate surface area is 202 Å². The van der Waals surface area contributed by atoms with Crippen LogP contribution in [0.15, 0.2) is 55.1 Å². The average molecular weight is 476 g/mol. The standard InChI is InChI=1S/C25H26FN7O2/c1-32-14-16(12-29-32)18-13-28-23(11-20(18)33-10-4-5-17(34)15-33)30-22-8-9-27-25(31-22)24-19(26)6-3-7-21(24)35-2/h3,6-9,11-14,17,34H,4-5,10,15H2,1-2H3,(H,27,28,30,31)/t17-/m0/s1. The highest BCUT2D eigenvalue weighted by Crippen LogP contribution is 2.35. The molecule has 4 aromatic rings. The molecular weight excluding hydrogens is 449 g/mol. The van der Waals surface area contributed by atoms with Crippen LogP contribution in [0.5, 0.6) is 5.75 Å². The van der Waals surface area contributed by atoms with Crippen molar-refractivity contribution in [3.63, 3.8) is 0 Å². The van der Waals surface area contributed by atoms with Gasteiger partial charge >= 0.3 is 0 Å². The number of anilines is 3. The summed E-state index contributed by atoms with van der Waals surface area (Å²) < 4.78 is 21.6. The molecule has 180 valence electrons. The van der Waals surface area contributed by atoms with Crippen LogP contribution in [0.2, 0.25) is 0 Å². The van der Waals surface area contributed by atoms with E-state index in [9.17, 15) is 9.50 Å². The van der Waals surface area contributed by atoms with Crippen LogP contribution < -0.4 is 15.0 Å². The molecule has 1 aliphatic heterocycles. The third-order valence-corrected chi connectivity index (χ3v) is 5.97. The van der Waals surface area contributed by atoms with Crippen molar-refractivity contribution in [3.8, 4) is 28.3 Å². The van der Waals surface area contributed by atoms with Crippen LogP contribution in [-0.2, 0) is 7.05 Å². The van der Waals surface area contributed by atoms with Gasteiger partial charge in [0.05, 0.1) is 30.7 Å². The van der Waals surface area contributed by atoms with Gasteiger partial charge in [0, 0.05) is 55.9 Å². The van der Waals surface area contributed by atoms with Gasteiger partial charge in [0.25, 0.3) is 0 Å². The predicted octanol–water partition coefficient (Wildman–Crippen LogP) is 3.79. The number of aliphatic hydroxyl groups excluding tert-OH is 1. The number of pyridine rings is 1. The first-order chi connectivity index (χ1) is 17.0. The molecule has 9 nitrogen and oxygen atoms in total. The number of rotatable bonds is 6. The van der Waals surface area contributed by atoms with Gasteiger partial charge in [-0.2, -0.15) is 5.10 Å². The Balaban J connectivity index is 1.50. The van der Waals surface area contributed by atoms with Gasteiger partial charge < -0.3 is 20.1 Å². The second-order valence-electron chi connectivity index (χ2n) is 8.44.